The highest BCUT2D eigenvalue weighted by Crippen LogP contribution is 2.30. The van der Waals surface area contributed by atoms with Crippen molar-refractivity contribution in [2.45, 2.75) is 18.6 Å². The molecule has 1 heterocycles. The Morgan fingerprint density at radius 1 is 1.06 bits per heavy atom. The molecular formula is C11H11NO4. The number of benzene rings is 1. The maximum Gasteiger partial charge on any atom is 0.323 e. The molecule has 0 radical (unpaired) electrons. The Morgan fingerprint density at radius 2 is 1.56 bits per heavy atom. The van der Waals surface area contributed by atoms with Crippen molar-refractivity contribution >= 4 is 11.9 Å². The Kier molecular flexibility index (Phi) is 2.62. The second-order valence-corrected chi connectivity index (χ2v) is 3.72. The summed E-state index contributed by atoms with van der Waals surface area (Å²) < 4.78 is 0. The van der Waals surface area contributed by atoms with Crippen LogP contribution in [-0.4, -0.2) is 39.1 Å². The number of hydrogen-bond acceptors (Lipinski definition) is 3. The third-order valence-electron chi connectivity index (χ3n) is 2.64. The smallest absolute Gasteiger partial charge is 0.323 e. The molecule has 5 heteroatoms. The SMILES string of the molecule is O=C(O)[C@@H]1[C@@H](C(=O)O)N1Cc1ccccc1. The van der Waals surface area contributed by atoms with Gasteiger partial charge in [-0.3, -0.25) is 14.5 Å². The van der Waals surface area contributed by atoms with E-state index in [1.807, 2.05) is 30.3 Å². The summed E-state index contributed by atoms with van der Waals surface area (Å²) in [6.45, 7) is 0.356. The summed E-state index contributed by atoms with van der Waals surface area (Å²) in [5.41, 5.74) is 0.914. The lowest BCUT2D eigenvalue weighted by molar-refractivity contribution is -0.140. The third-order valence-corrected chi connectivity index (χ3v) is 2.64. The molecule has 0 saturated carbocycles. The van der Waals surface area contributed by atoms with Crippen molar-refractivity contribution in [3.8, 4) is 0 Å². The van der Waals surface area contributed by atoms with Gasteiger partial charge >= 0.3 is 11.9 Å². The molecule has 0 aromatic heterocycles. The van der Waals surface area contributed by atoms with Gasteiger partial charge in [-0.25, -0.2) is 0 Å². The predicted molar refractivity (Wildman–Crippen MR) is 54.8 cm³/mol. The average molecular weight is 221 g/mol. The Balaban J connectivity index is 2.06. The predicted octanol–water partition coefficient (Wildman–Crippen LogP) is 0.409. The molecular weight excluding hydrogens is 210 g/mol. The van der Waals surface area contributed by atoms with Gasteiger partial charge < -0.3 is 10.2 Å². The maximum atomic E-state index is 10.8. The van der Waals surface area contributed by atoms with Crippen LogP contribution in [0.4, 0.5) is 0 Å². The summed E-state index contributed by atoms with van der Waals surface area (Å²) in [7, 11) is 0. The summed E-state index contributed by atoms with van der Waals surface area (Å²) in [5, 5.41) is 17.6. The molecule has 1 aliphatic heterocycles. The number of rotatable bonds is 4. The number of nitrogens with zero attached hydrogens (tertiary/aromatic N) is 1. The lowest BCUT2D eigenvalue weighted by Crippen LogP contribution is -2.14. The van der Waals surface area contributed by atoms with E-state index in [1.54, 1.807) is 0 Å². The minimum Gasteiger partial charge on any atom is -0.480 e. The fourth-order valence-electron chi connectivity index (χ4n) is 1.82. The van der Waals surface area contributed by atoms with Crippen LogP contribution >= 0.6 is 0 Å². The molecule has 84 valence electrons. The van der Waals surface area contributed by atoms with Gasteiger partial charge in [0.15, 0.2) is 0 Å². The van der Waals surface area contributed by atoms with Gasteiger partial charge in [-0.1, -0.05) is 30.3 Å². The Hall–Kier alpha value is -1.88. The number of carbonyl (C=O) groups is 2. The molecule has 1 fully saturated rings. The first kappa shape index (κ1) is 10.6. The van der Waals surface area contributed by atoms with Gasteiger partial charge in [-0.15, -0.1) is 0 Å². The number of hydrogen-bond donors (Lipinski definition) is 2. The molecule has 2 atom stereocenters. The van der Waals surface area contributed by atoms with E-state index in [0.717, 1.165) is 5.56 Å². The highest BCUT2D eigenvalue weighted by Gasteiger charge is 2.57. The number of carboxylic acids is 2. The molecule has 16 heavy (non-hydrogen) atoms. The second kappa shape index (κ2) is 3.94. The number of carboxylic acid groups (broad SMARTS) is 2. The minimum atomic E-state index is -1.08. The van der Waals surface area contributed by atoms with Crippen molar-refractivity contribution < 1.29 is 19.8 Å². The molecule has 2 N–H and O–H groups in total. The Labute approximate surface area is 91.9 Å². The van der Waals surface area contributed by atoms with E-state index in [4.69, 9.17) is 10.2 Å². The summed E-state index contributed by atoms with van der Waals surface area (Å²) in [4.78, 5) is 23.0. The molecule has 1 aromatic carbocycles. The first-order valence-electron chi connectivity index (χ1n) is 4.86. The average Bonchev–Trinajstić information content (AvgIpc) is 2.94. The van der Waals surface area contributed by atoms with Gasteiger partial charge in [-0.05, 0) is 5.56 Å². The lowest BCUT2D eigenvalue weighted by Gasteiger charge is -2.01. The van der Waals surface area contributed by atoms with Crippen molar-refractivity contribution in [1.29, 1.82) is 0 Å². The maximum absolute atomic E-state index is 10.8. The molecule has 0 bridgehead atoms. The molecule has 0 unspecified atom stereocenters. The normalized spacial score (nSPS) is 27.4. The Morgan fingerprint density at radius 3 is 2.00 bits per heavy atom. The summed E-state index contributed by atoms with van der Waals surface area (Å²) in [6, 6.07) is 7.44. The van der Waals surface area contributed by atoms with Crippen molar-refractivity contribution in [3.63, 3.8) is 0 Å². The fraction of sp³-hybridized carbons (Fsp3) is 0.273. The fourth-order valence-corrected chi connectivity index (χ4v) is 1.82. The van der Waals surface area contributed by atoms with Gasteiger partial charge in [0.25, 0.3) is 0 Å². The van der Waals surface area contributed by atoms with Gasteiger partial charge in [0.2, 0.25) is 0 Å². The first-order valence-corrected chi connectivity index (χ1v) is 4.86. The topological polar surface area (TPSA) is 77.6 Å². The van der Waals surface area contributed by atoms with E-state index in [0.29, 0.717) is 6.54 Å². The van der Waals surface area contributed by atoms with Crippen LogP contribution in [0.5, 0.6) is 0 Å². The van der Waals surface area contributed by atoms with E-state index < -0.39 is 24.0 Å². The van der Waals surface area contributed by atoms with Crippen LogP contribution in [0.25, 0.3) is 0 Å². The van der Waals surface area contributed by atoms with E-state index in [1.165, 1.54) is 4.90 Å². The summed E-state index contributed by atoms with van der Waals surface area (Å²) in [6.07, 6.45) is 0. The largest absolute Gasteiger partial charge is 0.480 e. The zero-order chi connectivity index (χ0) is 11.7. The zero-order valence-corrected chi connectivity index (χ0v) is 8.41. The van der Waals surface area contributed by atoms with Gasteiger partial charge in [0.1, 0.15) is 12.1 Å². The highest BCUT2D eigenvalue weighted by atomic mass is 16.4. The quantitative estimate of drug-likeness (QED) is 0.720. The van der Waals surface area contributed by atoms with Crippen molar-refractivity contribution in [2.75, 3.05) is 0 Å². The molecule has 1 saturated heterocycles. The Bertz CT molecular complexity index is 397. The van der Waals surface area contributed by atoms with Crippen molar-refractivity contribution in [3.05, 3.63) is 35.9 Å². The first-order chi connectivity index (χ1) is 7.61. The monoisotopic (exact) mass is 221 g/mol. The molecule has 0 amide bonds. The highest BCUT2D eigenvalue weighted by molar-refractivity contribution is 5.91. The van der Waals surface area contributed by atoms with Crippen molar-refractivity contribution in [1.82, 2.24) is 4.90 Å². The van der Waals surface area contributed by atoms with Crippen LogP contribution in [0.2, 0.25) is 0 Å². The van der Waals surface area contributed by atoms with Crippen LogP contribution < -0.4 is 0 Å². The summed E-state index contributed by atoms with van der Waals surface area (Å²) in [5.74, 6) is -2.16. The zero-order valence-electron chi connectivity index (χ0n) is 8.41. The summed E-state index contributed by atoms with van der Waals surface area (Å²) >= 11 is 0. The molecule has 0 aliphatic carbocycles. The van der Waals surface area contributed by atoms with Crippen LogP contribution in [0.15, 0.2) is 30.3 Å². The second-order valence-electron chi connectivity index (χ2n) is 3.72. The van der Waals surface area contributed by atoms with Gasteiger partial charge in [0.05, 0.1) is 0 Å². The van der Waals surface area contributed by atoms with Gasteiger partial charge in [-0.2, -0.15) is 0 Å². The van der Waals surface area contributed by atoms with Crippen LogP contribution in [0.1, 0.15) is 5.56 Å². The molecule has 0 spiro atoms. The van der Waals surface area contributed by atoms with Crippen LogP contribution in [0.3, 0.4) is 0 Å². The molecule has 1 aromatic rings. The third kappa shape index (κ3) is 1.90. The van der Waals surface area contributed by atoms with Crippen LogP contribution in [-0.2, 0) is 16.1 Å². The molecule has 5 nitrogen and oxygen atoms in total. The van der Waals surface area contributed by atoms with E-state index in [2.05, 4.69) is 0 Å². The van der Waals surface area contributed by atoms with E-state index in [-0.39, 0.29) is 0 Å². The number of aliphatic carboxylic acids is 2. The van der Waals surface area contributed by atoms with Crippen LogP contribution in [0, 0.1) is 0 Å². The standard InChI is InChI=1S/C11H11NO4/c13-10(14)8-9(11(15)16)12(8)6-7-4-2-1-3-5-7/h1-5,8-9H,6H2,(H,13,14)(H,15,16)/t8-,9-/m0/s1. The lowest BCUT2D eigenvalue weighted by atomic mass is 10.2. The molecule has 2 rings (SSSR count). The minimum absolute atomic E-state index is 0.356. The van der Waals surface area contributed by atoms with E-state index >= 15 is 0 Å². The molecule has 1 aliphatic rings. The van der Waals surface area contributed by atoms with E-state index in [9.17, 15) is 9.59 Å². The van der Waals surface area contributed by atoms with Gasteiger partial charge in [0, 0.05) is 6.54 Å². The van der Waals surface area contributed by atoms with Crippen molar-refractivity contribution in [2.24, 2.45) is 0 Å².